The van der Waals surface area contributed by atoms with Crippen LogP contribution in [0.4, 0.5) is 5.69 Å². The van der Waals surface area contributed by atoms with Crippen LogP contribution in [-0.4, -0.2) is 34.0 Å². The zero-order valence-corrected chi connectivity index (χ0v) is 16.4. The highest BCUT2D eigenvalue weighted by molar-refractivity contribution is 7.99. The number of anilines is 1. The van der Waals surface area contributed by atoms with Crippen molar-refractivity contribution in [1.82, 2.24) is 15.2 Å². The van der Waals surface area contributed by atoms with Crippen molar-refractivity contribution in [2.75, 3.05) is 18.2 Å². The summed E-state index contributed by atoms with van der Waals surface area (Å²) in [5, 5.41) is 11.1. The van der Waals surface area contributed by atoms with Crippen molar-refractivity contribution in [3.05, 3.63) is 75.7 Å². The Morgan fingerprint density at radius 3 is 2.68 bits per heavy atom. The van der Waals surface area contributed by atoms with Crippen molar-refractivity contribution < 1.29 is 9.53 Å². The van der Waals surface area contributed by atoms with Crippen LogP contribution in [-0.2, 0) is 11.2 Å². The van der Waals surface area contributed by atoms with Gasteiger partial charge in [-0.25, -0.2) is 0 Å². The van der Waals surface area contributed by atoms with Crippen LogP contribution in [0.15, 0.2) is 58.5 Å². The van der Waals surface area contributed by atoms with E-state index in [1.807, 2.05) is 49.4 Å². The normalized spacial score (nSPS) is 10.5. The molecule has 1 amide bonds. The van der Waals surface area contributed by atoms with Crippen molar-refractivity contribution >= 4 is 23.4 Å². The molecule has 0 saturated heterocycles. The molecule has 0 saturated carbocycles. The molecule has 1 heterocycles. The number of carbonyl (C=O) groups excluding carboxylic acids is 1. The third-order valence-electron chi connectivity index (χ3n) is 3.93. The van der Waals surface area contributed by atoms with Gasteiger partial charge in [-0.3, -0.25) is 14.6 Å². The Labute approximate surface area is 166 Å². The second-order valence-corrected chi connectivity index (χ2v) is 7.07. The highest BCUT2D eigenvalue weighted by Gasteiger charge is 2.11. The van der Waals surface area contributed by atoms with Gasteiger partial charge >= 0.3 is 0 Å². The first-order chi connectivity index (χ1) is 13.5. The second kappa shape index (κ2) is 9.18. The van der Waals surface area contributed by atoms with E-state index in [0.29, 0.717) is 28.7 Å². The molecule has 0 fully saturated rings. The van der Waals surface area contributed by atoms with Crippen molar-refractivity contribution in [3.63, 3.8) is 0 Å². The summed E-state index contributed by atoms with van der Waals surface area (Å²) in [6.45, 7) is 1.93. The minimum atomic E-state index is -0.304. The summed E-state index contributed by atoms with van der Waals surface area (Å²) in [6.07, 6.45) is 0.405. The van der Waals surface area contributed by atoms with E-state index in [9.17, 15) is 9.59 Å². The fraction of sp³-hybridized carbons (Fsp3) is 0.200. The first-order valence-electron chi connectivity index (χ1n) is 8.62. The number of methoxy groups -OCH3 is 1. The maximum absolute atomic E-state index is 12.2. The standard InChI is InChI=1S/C20H20N4O3S/c1-13-8-9-17(27-2)15(10-13)21-18(25)12-28-20-22-19(26)16(23-24-20)11-14-6-4-3-5-7-14/h3-10H,11-12H2,1-2H3,(H,21,25)(H,22,24,26). The molecule has 8 heteroatoms. The summed E-state index contributed by atoms with van der Waals surface area (Å²) in [6, 6.07) is 15.1. The van der Waals surface area contributed by atoms with Gasteiger partial charge in [0.05, 0.1) is 18.6 Å². The SMILES string of the molecule is COc1ccc(C)cc1NC(=O)CSc1nnc(Cc2ccccc2)c(=O)[nH]1. The lowest BCUT2D eigenvalue weighted by Crippen LogP contribution is -2.19. The minimum Gasteiger partial charge on any atom is -0.495 e. The van der Waals surface area contributed by atoms with Gasteiger partial charge in [-0.05, 0) is 30.2 Å². The van der Waals surface area contributed by atoms with Crippen LogP contribution in [0.5, 0.6) is 5.75 Å². The molecule has 0 atom stereocenters. The first-order valence-corrected chi connectivity index (χ1v) is 9.61. The molecule has 0 bridgehead atoms. The predicted octanol–water partition coefficient (Wildman–Crippen LogP) is 2.80. The van der Waals surface area contributed by atoms with Gasteiger partial charge in [-0.2, -0.15) is 0 Å². The molecule has 7 nitrogen and oxygen atoms in total. The quantitative estimate of drug-likeness (QED) is 0.596. The summed E-state index contributed by atoms with van der Waals surface area (Å²) < 4.78 is 5.25. The summed E-state index contributed by atoms with van der Waals surface area (Å²) in [4.78, 5) is 27.1. The van der Waals surface area contributed by atoms with Gasteiger partial charge in [0, 0.05) is 6.42 Å². The Morgan fingerprint density at radius 2 is 1.96 bits per heavy atom. The molecule has 0 aliphatic rings. The summed E-state index contributed by atoms with van der Waals surface area (Å²) in [5.41, 5.74) is 2.62. The lowest BCUT2D eigenvalue weighted by molar-refractivity contribution is -0.113. The molecule has 0 aliphatic heterocycles. The number of hydrogen-bond donors (Lipinski definition) is 2. The number of aryl methyl sites for hydroxylation is 1. The van der Waals surface area contributed by atoms with Crippen molar-refractivity contribution in [2.24, 2.45) is 0 Å². The number of ether oxygens (including phenoxy) is 1. The number of nitrogens with zero attached hydrogens (tertiary/aromatic N) is 2. The number of aromatic amines is 1. The average Bonchev–Trinajstić information content (AvgIpc) is 2.69. The van der Waals surface area contributed by atoms with Crippen LogP contribution < -0.4 is 15.6 Å². The molecule has 3 rings (SSSR count). The Hall–Kier alpha value is -3.13. The number of nitrogens with one attached hydrogen (secondary N) is 2. The van der Waals surface area contributed by atoms with Crippen LogP contribution >= 0.6 is 11.8 Å². The van der Waals surface area contributed by atoms with Crippen LogP contribution in [0.1, 0.15) is 16.8 Å². The van der Waals surface area contributed by atoms with Crippen LogP contribution in [0, 0.1) is 6.92 Å². The largest absolute Gasteiger partial charge is 0.495 e. The highest BCUT2D eigenvalue weighted by Crippen LogP contribution is 2.25. The molecule has 0 spiro atoms. The maximum atomic E-state index is 12.2. The zero-order chi connectivity index (χ0) is 19.9. The van der Waals surface area contributed by atoms with Gasteiger partial charge < -0.3 is 10.1 Å². The fourth-order valence-corrected chi connectivity index (χ4v) is 3.16. The third-order valence-corrected chi connectivity index (χ3v) is 4.79. The third kappa shape index (κ3) is 5.20. The average molecular weight is 396 g/mol. The van der Waals surface area contributed by atoms with Crippen LogP contribution in [0.3, 0.4) is 0 Å². The molecule has 0 unspecified atom stereocenters. The number of aromatic nitrogens is 3. The highest BCUT2D eigenvalue weighted by atomic mass is 32.2. The molecule has 0 aliphatic carbocycles. The fourth-order valence-electron chi connectivity index (χ4n) is 2.55. The molecule has 144 valence electrons. The molecular formula is C20H20N4O3S. The monoisotopic (exact) mass is 396 g/mol. The lowest BCUT2D eigenvalue weighted by atomic mass is 10.1. The topological polar surface area (TPSA) is 97.0 Å². The van der Waals surface area contributed by atoms with E-state index < -0.39 is 0 Å². The van der Waals surface area contributed by atoms with Gasteiger partial charge in [-0.15, -0.1) is 10.2 Å². The lowest BCUT2D eigenvalue weighted by Gasteiger charge is -2.10. The maximum Gasteiger partial charge on any atom is 0.273 e. The second-order valence-electron chi connectivity index (χ2n) is 6.11. The molecule has 1 aromatic heterocycles. The molecule has 0 radical (unpaired) electrons. The smallest absolute Gasteiger partial charge is 0.273 e. The molecule has 3 aromatic rings. The van der Waals surface area contributed by atoms with E-state index >= 15 is 0 Å². The molecular weight excluding hydrogens is 376 g/mol. The number of hydrogen-bond acceptors (Lipinski definition) is 6. The van der Waals surface area contributed by atoms with Gasteiger partial charge in [0.2, 0.25) is 5.91 Å². The summed E-state index contributed by atoms with van der Waals surface area (Å²) in [7, 11) is 1.55. The molecule has 2 aromatic carbocycles. The van der Waals surface area contributed by atoms with Gasteiger partial charge in [-0.1, -0.05) is 48.2 Å². The molecule has 28 heavy (non-hydrogen) atoms. The number of amides is 1. The van der Waals surface area contributed by atoms with E-state index in [2.05, 4.69) is 20.5 Å². The van der Waals surface area contributed by atoms with E-state index in [-0.39, 0.29) is 17.2 Å². The van der Waals surface area contributed by atoms with E-state index in [1.165, 1.54) is 0 Å². The molecule has 2 N–H and O–H groups in total. The Bertz CT molecular complexity index is 1020. The van der Waals surface area contributed by atoms with Crippen LogP contribution in [0.2, 0.25) is 0 Å². The number of rotatable bonds is 7. The van der Waals surface area contributed by atoms with E-state index in [4.69, 9.17) is 4.74 Å². The van der Waals surface area contributed by atoms with E-state index in [1.54, 1.807) is 13.2 Å². The van der Waals surface area contributed by atoms with Crippen molar-refractivity contribution in [3.8, 4) is 5.75 Å². The Balaban J connectivity index is 1.60. The number of carbonyl (C=O) groups is 1. The number of H-pyrrole nitrogens is 1. The summed E-state index contributed by atoms with van der Waals surface area (Å²) in [5.74, 6) is 0.437. The van der Waals surface area contributed by atoms with Gasteiger partial charge in [0.1, 0.15) is 11.4 Å². The van der Waals surface area contributed by atoms with Gasteiger partial charge in [0.25, 0.3) is 5.56 Å². The minimum absolute atomic E-state index is 0.0831. The van der Waals surface area contributed by atoms with Crippen molar-refractivity contribution in [1.29, 1.82) is 0 Å². The zero-order valence-electron chi connectivity index (χ0n) is 15.6. The number of thioether (sulfide) groups is 1. The first kappa shape index (κ1) is 19.6. The van der Waals surface area contributed by atoms with E-state index in [0.717, 1.165) is 22.9 Å². The van der Waals surface area contributed by atoms with Crippen molar-refractivity contribution in [2.45, 2.75) is 18.5 Å². The summed E-state index contributed by atoms with van der Waals surface area (Å²) >= 11 is 1.11. The number of benzene rings is 2. The Kier molecular flexibility index (Phi) is 6.44. The van der Waals surface area contributed by atoms with Gasteiger partial charge in [0.15, 0.2) is 5.16 Å². The Morgan fingerprint density at radius 1 is 1.18 bits per heavy atom. The predicted molar refractivity (Wildman–Crippen MR) is 109 cm³/mol. The van der Waals surface area contributed by atoms with Crippen LogP contribution in [0.25, 0.3) is 0 Å².